The van der Waals surface area contributed by atoms with Crippen molar-refractivity contribution in [1.82, 2.24) is 5.32 Å². The van der Waals surface area contributed by atoms with Gasteiger partial charge < -0.3 is 19.9 Å². The number of benzene rings is 3. The number of hydrogen-bond donors (Lipinski definition) is 3. The summed E-state index contributed by atoms with van der Waals surface area (Å²) in [6, 6.07) is 12.2. The summed E-state index contributed by atoms with van der Waals surface area (Å²) in [5, 5.41) is 14.9. The van der Waals surface area contributed by atoms with Crippen molar-refractivity contribution in [1.29, 1.82) is 0 Å². The molecule has 0 aromatic heterocycles. The number of carbonyl (C=O) groups is 4. The number of barbiturate groups is 1. The molecule has 0 bridgehead atoms. The molecule has 0 spiro atoms. The Kier molecular flexibility index (Phi) is 8.63. The number of hydrogen-bond acceptors (Lipinski definition) is 7. The maximum atomic E-state index is 13.1. The van der Waals surface area contributed by atoms with E-state index >= 15 is 0 Å². The minimum Gasteiger partial charge on any atom is -0.508 e. The van der Waals surface area contributed by atoms with Crippen molar-refractivity contribution in [3.63, 3.8) is 0 Å². The van der Waals surface area contributed by atoms with Gasteiger partial charge in [-0.1, -0.05) is 23.2 Å². The van der Waals surface area contributed by atoms with Crippen LogP contribution in [-0.2, 0) is 14.4 Å². The molecule has 39 heavy (non-hydrogen) atoms. The maximum absolute atomic E-state index is 13.1. The van der Waals surface area contributed by atoms with Gasteiger partial charge in [-0.3, -0.25) is 19.7 Å². The van der Waals surface area contributed by atoms with E-state index in [1.807, 2.05) is 22.6 Å². The Balaban J connectivity index is 1.54. The molecule has 13 heteroatoms. The second kappa shape index (κ2) is 11.9. The summed E-state index contributed by atoms with van der Waals surface area (Å²) in [6.07, 6.45) is 1.31. The second-order valence-corrected chi connectivity index (χ2v) is 9.95. The molecule has 4 rings (SSSR count). The van der Waals surface area contributed by atoms with Gasteiger partial charge in [0.05, 0.1) is 26.4 Å². The molecule has 0 radical (unpaired) electrons. The van der Waals surface area contributed by atoms with E-state index in [2.05, 4.69) is 10.6 Å². The highest BCUT2D eigenvalue weighted by Crippen LogP contribution is 2.35. The monoisotopic (exact) mass is 681 g/mol. The van der Waals surface area contributed by atoms with Crippen molar-refractivity contribution in [2.75, 3.05) is 23.9 Å². The summed E-state index contributed by atoms with van der Waals surface area (Å²) in [5.74, 6) is -1.71. The lowest BCUT2D eigenvalue weighted by Crippen LogP contribution is -2.54. The molecule has 1 saturated heterocycles. The highest BCUT2D eigenvalue weighted by molar-refractivity contribution is 14.1. The van der Waals surface area contributed by atoms with Gasteiger partial charge in [-0.25, -0.2) is 9.69 Å². The van der Waals surface area contributed by atoms with E-state index in [1.54, 1.807) is 18.2 Å². The van der Waals surface area contributed by atoms with E-state index in [-0.39, 0.29) is 40.1 Å². The summed E-state index contributed by atoms with van der Waals surface area (Å²) in [4.78, 5) is 51.2. The largest absolute Gasteiger partial charge is 0.508 e. The van der Waals surface area contributed by atoms with Crippen molar-refractivity contribution < 1.29 is 33.8 Å². The number of aromatic hydroxyl groups is 1. The standard InChI is InChI=1S/C26H18Cl2IN3O7/c1-38-21-10-13(8-17-24(35)31-26(37)32(25(17)36)15-3-5-16(33)6-4-15)9-20(29)23(21)39-12-22(34)30-14-2-7-18(27)19(28)11-14/h2-11,33H,12H2,1H3,(H,30,34)(H,31,35,37)/b17-8-. The highest BCUT2D eigenvalue weighted by atomic mass is 127. The summed E-state index contributed by atoms with van der Waals surface area (Å²) in [6.45, 7) is -0.350. The topological polar surface area (TPSA) is 134 Å². The number of anilines is 2. The van der Waals surface area contributed by atoms with Crippen LogP contribution >= 0.6 is 45.8 Å². The molecule has 5 amide bonds. The van der Waals surface area contributed by atoms with Crippen molar-refractivity contribution in [2.45, 2.75) is 0 Å². The summed E-state index contributed by atoms with van der Waals surface area (Å²) in [7, 11) is 1.40. The molecule has 1 heterocycles. The number of carbonyl (C=O) groups excluding carboxylic acids is 4. The van der Waals surface area contributed by atoms with E-state index in [9.17, 15) is 24.3 Å². The fourth-order valence-corrected chi connectivity index (χ4v) is 4.61. The first-order chi connectivity index (χ1) is 18.6. The summed E-state index contributed by atoms with van der Waals surface area (Å²) in [5.41, 5.74) is 0.721. The summed E-state index contributed by atoms with van der Waals surface area (Å²) < 4.78 is 11.6. The lowest BCUT2D eigenvalue weighted by molar-refractivity contribution is -0.122. The molecule has 0 atom stereocenters. The predicted molar refractivity (Wildman–Crippen MR) is 153 cm³/mol. The summed E-state index contributed by atoms with van der Waals surface area (Å²) >= 11 is 13.8. The number of amides is 5. The van der Waals surface area contributed by atoms with Gasteiger partial charge in [0.1, 0.15) is 11.3 Å². The molecule has 3 aromatic rings. The first kappa shape index (κ1) is 28.2. The van der Waals surface area contributed by atoms with Crippen molar-refractivity contribution in [3.05, 3.63) is 79.3 Å². The zero-order chi connectivity index (χ0) is 28.3. The number of ether oxygens (including phenoxy) is 2. The van der Waals surface area contributed by atoms with Crippen LogP contribution in [0.5, 0.6) is 17.2 Å². The predicted octanol–water partition coefficient (Wildman–Crippen LogP) is 5.00. The Bertz CT molecular complexity index is 1530. The van der Waals surface area contributed by atoms with Crippen molar-refractivity contribution >= 4 is 87.0 Å². The van der Waals surface area contributed by atoms with Crippen LogP contribution in [0.1, 0.15) is 5.56 Å². The number of halogens is 3. The number of phenolic OH excluding ortho intramolecular Hbond substituents is 1. The van der Waals surface area contributed by atoms with Gasteiger partial charge in [-0.05, 0) is 88.8 Å². The third-order valence-electron chi connectivity index (χ3n) is 5.32. The van der Waals surface area contributed by atoms with Gasteiger partial charge in [0.2, 0.25) is 0 Å². The number of nitrogens with zero attached hydrogens (tertiary/aromatic N) is 1. The van der Waals surface area contributed by atoms with Crippen LogP contribution in [0.4, 0.5) is 16.2 Å². The van der Waals surface area contributed by atoms with Crippen molar-refractivity contribution in [2.24, 2.45) is 0 Å². The molecule has 0 aliphatic carbocycles. The van der Waals surface area contributed by atoms with Crippen LogP contribution in [0.2, 0.25) is 10.0 Å². The van der Waals surface area contributed by atoms with E-state index in [4.69, 9.17) is 32.7 Å². The van der Waals surface area contributed by atoms with Crippen LogP contribution in [-0.4, -0.2) is 42.6 Å². The van der Waals surface area contributed by atoms with Crippen molar-refractivity contribution in [3.8, 4) is 17.2 Å². The van der Waals surface area contributed by atoms with Gasteiger partial charge in [0.15, 0.2) is 18.1 Å². The Morgan fingerprint density at radius 1 is 1.08 bits per heavy atom. The Morgan fingerprint density at radius 3 is 2.46 bits per heavy atom. The quantitative estimate of drug-likeness (QED) is 0.182. The third kappa shape index (κ3) is 6.44. The molecule has 1 aliphatic rings. The van der Waals surface area contributed by atoms with Crippen LogP contribution in [0, 0.1) is 3.57 Å². The maximum Gasteiger partial charge on any atom is 0.335 e. The molecule has 3 aromatic carbocycles. The number of urea groups is 1. The van der Waals surface area contributed by atoms with E-state index < -0.39 is 23.8 Å². The Labute approximate surface area is 245 Å². The number of methoxy groups -OCH3 is 1. The van der Waals surface area contributed by atoms with Crippen LogP contribution in [0.15, 0.2) is 60.2 Å². The lowest BCUT2D eigenvalue weighted by Gasteiger charge is -2.26. The van der Waals surface area contributed by atoms with Gasteiger partial charge in [-0.15, -0.1) is 0 Å². The first-order valence-corrected chi connectivity index (χ1v) is 12.9. The molecule has 0 unspecified atom stereocenters. The molecular formula is C26H18Cl2IN3O7. The average Bonchev–Trinajstić information content (AvgIpc) is 2.88. The zero-order valence-corrected chi connectivity index (χ0v) is 23.6. The smallest absolute Gasteiger partial charge is 0.335 e. The second-order valence-electron chi connectivity index (χ2n) is 7.97. The highest BCUT2D eigenvalue weighted by Gasteiger charge is 2.36. The minimum absolute atomic E-state index is 0.0497. The van der Waals surface area contributed by atoms with E-state index in [0.29, 0.717) is 19.8 Å². The van der Waals surface area contributed by atoms with Gasteiger partial charge >= 0.3 is 6.03 Å². The van der Waals surface area contributed by atoms with Gasteiger partial charge in [0.25, 0.3) is 17.7 Å². The normalized spacial score (nSPS) is 14.3. The number of rotatable bonds is 7. The molecule has 1 fully saturated rings. The zero-order valence-electron chi connectivity index (χ0n) is 20.0. The number of phenols is 1. The lowest BCUT2D eigenvalue weighted by atomic mass is 10.1. The van der Waals surface area contributed by atoms with Crippen LogP contribution in [0.3, 0.4) is 0 Å². The Hall–Kier alpha value is -3.81. The SMILES string of the molecule is COc1cc(/C=C2/C(=O)NC(=O)N(c3ccc(O)cc3)C2=O)cc(I)c1OCC(=O)Nc1ccc(Cl)c(Cl)c1. The fourth-order valence-electron chi connectivity index (χ4n) is 3.53. The molecule has 1 aliphatic heterocycles. The third-order valence-corrected chi connectivity index (χ3v) is 6.86. The fraction of sp³-hybridized carbons (Fsp3) is 0.0769. The minimum atomic E-state index is -0.914. The molecule has 3 N–H and O–H groups in total. The number of imide groups is 2. The van der Waals surface area contributed by atoms with Gasteiger partial charge in [0, 0.05) is 5.69 Å². The first-order valence-electron chi connectivity index (χ1n) is 11.0. The molecular weight excluding hydrogens is 664 g/mol. The van der Waals surface area contributed by atoms with Gasteiger partial charge in [-0.2, -0.15) is 0 Å². The van der Waals surface area contributed by atoms with E-state index in [1.165, 1.54) is 49.6 Å². The average molecular weight is 682 g/mol. The number of nitrogens with one attached hydrogen (secondary N) is 2. The Morgan fingerprint density at radius 2 is 1.79 bits per heavy atom. The molecule has 0 saturated carbocycles. The van der Waals surface area contributed by atoms with Crippen LogP contribution < -0.4 is 25.0 Å². The molecule has 200 valence electrons. The molecule has 10 nitrogen and oxygen atoms in total. The van der Waals surface area contributed by atoms with Crippen LogP contribution in [0.25, 0.3) is 6.08 Å². The van der Waals surface area contributed by atoms with E-state index in [0.717, 1.165) is 4.90 Å².